The molecule has 5 heteroatoms. The van der Waals surface area contributed by atoms with E-state index in [9.17, 15) is 9.59 Å². The molecule has 0 atom stereocenters. The molecule has 0 aliphatic carbocycles. The molecule has 2 amide bonds. The Balaban J connectivity index is 2.72. The highest BCUT2D eigenvalue weighted by Gasteiger charge is 2.15. The molecule has 2 N–H and O–H groups in total. The van der Waals surface area contributed by atoms with Crippen LogP contribution >= 0.6 is 0 Å². The third kappa shape index (κ3) is 5.69. The van der Waals surface area contributed by atoms with Gasteiger partial charge in [0.2, 0.25) is 11.8 Å². The van der Waals surface area contributed by atoms with E-state index in [1.807, 2.05) is 19.1 Å². The maximum absolute atomic E-state index is 12.2. The smallest absolute Gasteiger partial charge is 0.247 e. The minimum atomic E-state index is -0.163. The number of hydrogen-bond donors (Lipinski definition) is 1. The zero-order chi connectivity index (χ0) is 15.8. The van der Waals surface area contributed by atoms with Crippen molar-refractivity contribution in [3.05, 3.63) is 35.9 Å². The summed E-state index contributed by atoms with van der Waals surface area (Å²) in [6.07, 6.45) is 4.02. The van der Waals surface area contributed by atoms with Crippen LogP contribution in [0.2, 0.25) is 0 Å². The van der Waals surface area contributed by atoms with E-state index in [4.69, 9.17) is 5.73 Å². The third-order valence-electron chi connectivity index (χ3n) is 2.98. The fourth-order valence-electron chi connectivity index (χ4n) is 1.72. The Morgan fingerprint density at radius 1 is 1.19 bits per heavy atom. The Labute approximate surface area is 126 Å². The molecule has 21 heavy (non-hydrogen) atoms. The highest BCUT2D eigenvalue weighted by molar-refractivity contribution is 5.94. The van der Waals surface area contributed by atoms with E-state index in [0.717, 1.165) is 12.0 Å². The summed E-state index contributed by atoms with van der Waals surface area (Å²) in [7, 11) is 3.36. The number of carbonyl (C=O) groups is 2. The summed E-state index contributed by atoms with van der Waals surface area (Å²) in [5.74, 6) is -0.249. The number of nitrogen functional groups attached to an aromatic ring is 1. The first-order chi connectivity index (χ1) is 9.93. The summed E-state index contributed by atoms with van der Waals surface area (Å²) in [6.45, 7) is 2.64. The maximum Gasteiger partial charge on any atom is 0.247 e. The molecule has 114 valence electrons. The van der Waals surface area contributed by atoms with E-state index in [1.165, 1.54) is 11.0 Å². The summed E-state index contributed by atoms with van der Waals surface area (Å²) >= 11 is 0. The SMILES string of the molecule is CCCN(CC(=O)N(C)C)C(=O)/C=C/c1ccc(N)cc1. The lowest BCUT2D eigenvalue weighted by molar-refractivity contribution is -0.136. The molecule has 1 aromatic carbocycles. The van der Waals surface area contributed by atoms with Crippen molar-refractivity contribution in [2.45, 2.75) is 13.3 Å². The van der Waals surface area contributed by atoms with E-state index in [-0.39, 0.29) is 18.4 Å². The summed E-state index contributed by atoms with van der Waals surface area (Å²) in [5, 5.41) is 0. The van der Waals surface area contributed by atoms with Gasteiger partial charge in [0.15, 0.2) is 0 Å². The Morgan fingerprint density at radius 2 is 1.81 bits per heavy atom. The average Bonchev–Trinajstić information content (AvgIpc) is 2.45. The van der Waals surface area contributed by atoms with Crippen molar-refractivity contribution in [1.29, 1.82) is 0 Å². The highest BCUT2D eigenvalue weighted by atomic mass is 16.2. The Hall–Kier alpha value is -2.30. The quantitative estimate of drug-likeness (QED) is 0.639. The van der Waals surface area contributed by atoms with Gasteiger partial charge in [-0.25, -0.2) is 0 Å². The topological polar surface area (TPSA) is 66.6 Å². The molecule has 0 fully saturated rings. The van der Waals surface area contributed by atoms with Crippen LogP contribution in [0.25, 0.3) is 6.08 Å². The van der Waals surface area contributed by atoms with Gasteiger partial charge in [-0.3, -0.25) is 9.59 Å². The average molecular weight is 289 g/mol. The standard InChI is InChI=1S/C16H23N3O2/c1-4-11-19(12-16(21)18(2)3)15(20)10-7-13-5-8-14(17)9-6-13/h5-10H,4,11-12,17H2,1-3H3/b10-7+. The largest absolute Gasteiger partial charge is 0.399 e. The number of nitrogens with zero attached hydrogens (tertiary/aromatic N) is 2. The molecule has 0 aliphatic heterocycles. The molecule has 0 saturated carbocycles. The third-order valence-corrected chi connectivity index (χ3v) is 2.98. The van der Waals surface area contributed by atoms with Gasteiger partial charge in [0, 0.05) is 32.4 Å². The van der Waals surface area contributed by atoms with E-state index in [1.54, 1.807) is 37.2 Å². The van der Waals surface area contributed by atoms with Crippen LogP contribution in [-0.4, -0.2) is 48.8 Å². The summed E-state index contributed by atoms with van der Waals surface area (Å²) < 4.78 is 0. The molecular weight excluding hydrogens is 266 g/mol. The molecular formula is C16H23N3O2. The van der Waals surface area contributed by atoms with Crippen molar-refractivity contribution >= 4 is 23.6 Å². The van der Waals surface area contributed by atoms with Crippen LogP contribution in [0.1, 0.15) is 18.9 Å². The molecule has 0 bridgehead atoms. The van der Waals surface area contributed by atoms with Crippen LogP contribution in [0.4, 0.5) is 5.69 Å². The van der Waals surface area contributed by atoms with Gasteiger partial charge < -0.3 is 15.5 Å². The summed E-state index contributed by atoms with van der Waals surface area (Å²) in [4.78, 5) is 27.0. The van der Waals surface area contributed by atoms with Gasteiger partial charge in [-0.05, 0) is 30.2 Å². The number of carbonyl (C=O) groups excluding carboxylic acids is 2. The van der Waals surface area contributed by atoms with Crippen LogP contribution in [0.3, 0.4) is 0 Å². The Morgan fingerprint density at radius 3 is 2.33 bits per heavy atom. The van der Waals surface area contributed by atoms with Gasteiger partial charge in [0.1, 0.15) is 0 Å². The number of likely N-dealkylation sites (N-methyl/N-ethyl adjacent to an activating group) is 1. The minimum absolute atomic E-state index is 0.0855. The van der Waals surface area contributed by atoms with Crippen molar-refractivity contribution < 1.29 is 9.59 Å². The van der Waals surface area contributed by atoms with Gasteiger partial charge in [-0.15, -0.1) is 0 Å². The predicted molar refractivity (Wildman–Crippen MR) is 85.5 cm³/mol. The Bertz CT molecular complexity index is 507. The molecule has 5 nitrogen and oxygen atoms in total. The van der Waals surface area contributed by atoms with Gasteiger partial charge in [-0.1, -0.05) is 19.1 Å². The normalized spacial score (nSPS) is 10.6. The number of nitrogens with two attached hydrogens (primary N) is 1. The fraction of sp³-hybridized carbons (Fsp3) is 0.375. The predicted octanol–water partition coefficient (Wildman–Crippen LogP) is 1.61. The van der Waals surface area contributed by atoms with Crippen LogP contribution < -0.4 is 5.73 Å². The molecule has 0 radical (unpaired) electrons. The first-order valence-corrected chi connectivity index (χ1v) is 6.96. The number of rotatable bonds is 6. The van der Waals surface area contributed by atoms with Gasteiger partial charge in [0.05, 0.1) is 6.54 Å². The van der Waals surface area contributed by atoms with Crippen molar-refractivity contribution in [1.82, 2.24) is 9.80 Å². The lowest BCUT2D eigenvalue weighted by Gasteiger charge is -2.22. The molecule has 0 aromatic heterocycles. The van der Waals surface area contributed by atoms with Gasteiger partial charge in [-0.2, -0.15) is 0 Å². The summed E-state index contributed by atoms with van der Waals surface area (Å²) in [5.41, 5.74) is 7.19. The number of benzene rings is 1. The number of hydrogen-bond acceptors (Lipinski definition) is 3. The zero-order valence-electron chi connectivity index (χ0n) is 12.9. The summed E-state index contributed by atoms with van der Waals surface area (Å²) in [6, 6.07) is 7.25. The molecule has 0 saturated heterocycles. The molecule has 0 unspecified atom stereocenters. The number of amides is 2. The van der Waals surface area contributed by atoms with Crippen molar-refractivity contribution in [2.75, 3.05) is 32.9 Å². The zero-order valence-corrected chi connectivity index (χ0v) is 12.9. The first kappa shape index (κ1) is 16.8. The van der Waals surface area contributed by atoms with Gasteiger partial charge in [0.25, 0.3) is 0 Å². The maximum atomic E-state index is 12.2. The highest BCUT2D eigenvalue weighted by Crippen LogP contribution is 2.07. The van der Waals surface area contributed by atoms with Crippen LogP contribution in [0, 0.1) is 0 Å². The van der Waals surface area contributed by atoms with Crippen molar-refractivity contribution in [2.24, 2.45) is 0 Å². The van der Waals surface area contributed by atoms with E-state index in [2.05, 4.69) is 0 Å². The molecule has 1 aromatic rings. The van der Waals surface area contributed by atoms with Crippen molar-refractivity contribution in [3.63, 3.8) is 0 Å². The van der Waals surface area contributed by atoms with E-state index in [0.29, 0.717) is 12.2 Å². The molecule has 1 rings (SSSR count). The lowest BCUT2D eigenvalue weighted by Crippen LogP contribution is -2.39. The molecule has 0 aliphatic rings. The lowest BCUT2D eigenvalue weighted by atomic mass is 10.2. The van der Waals surface area contributed by atoms with Crippen LogP contribution in [0.15, 0.2) is 30.3 Å². The Kier molecular flexibility index (Phi) is 6.46. The van der Waals surface area contributed by atoms with E-state index < -0.39 is 0 Å². The van der Waals surface area contributed by atoms with Gasteiger partial charge >= 0.3 is 0 Å². The molecule has 0 heterocycles. The molecule has 0 spiro atoms. The minimum Gasteiger partial charge on any atom is -0.399 e. The second-order valence-corrected chi connectivity index (χ2v) is 5.05. The first-order valence-electron chi connectivity index (χ1n) is 6.96. The second-order valence-electron chi connectivity index (χ2n) is 5.05. The van der Waals surface area contributed by atoms with E-state index >= 15 is 0 Å². The van der Waals surface area contributed by atoms with Crippen LogP contribution in [0.5, 0.6) is 0 Å². The van der Waals surface area contributed by atoms with Crippen LogP contribution in [-0.2, 0) is 9.59 Å². The monoisotopic (exact) mass is 289 g/mol. The second kappa shape index (κ2) is 8.09. The van der Waals surface area contributed by atoms with Crippen molar-refractivity contribution in [3.8, 4) is 0 Å². The number of anilines is 1. The fourth-order valence-corrected chi connectivity index (χ4v) is 1.72.